The predicted octanol–water partition coefficient (Wildman–Crippen LogP) is 3.71. The van der Waals surface area contributed by atoms with E-state index >= 15 is 0 Å². The Morgan fingerprint density at radius 3 is 2.42 bits per heavy atom. The van der Waals surface area contributed by atoms with Gasteiger partial charge in [-0.15, -0.1) is 10.2 Å². The van der Waals surface area contributed by atoms with E-state index in [9.17, 15) is 8.42 Å². The number of pyridine rings is 1. The topological polar surface area (TPSA) is 67.6 Å². The molecule has 26 heavy (non-hydrogen) atoms. The molecule has 0 saturated heterocycles. The van der Waals surface area contributed by atoms with Crippen LogP contribution in [0.3, 0.4) is 0 Å². The summed E-state index contributed by atoms with van der Waals surface area (Å²) in [6.07, 6.45) is 1.59. The van der Waals surface area contributed by atoms with E-state index in [0.29, 0.717) is 34.7 Å². The Labute approximate surface area is 162 Å². The van der Waals surface area contributed by atoms with E-state index in [1.807, 2.05) is 38.1 Å². The number of halogens is 1. The molecule has 1 aromatic carbocycles. The molecule has 0 aliphatic carbocycles. The van der Waals surface area contributed by atoms with E-state index in [2.05, 4.69) is 10.2 Å². The van der Waals surface area contributed by atoms with Gasteiger partial charge in [-0.05, 0) is 29.8 Å². The molecule has 6 nitrogen and oxygen atoms in total. The zero-order valence-electron chi connectivity index (χ0n) is 14.5. The van der Waals surface area contributed by atoms with Crippen LogP contribution >= 0.6 is 23.4 Å². The number of rotatable bonds is 7. The SMILES string of the molecule is CCN(CC)S(=O)(=O)c1ccc2nnc(SCc3ccc(Cl)cc3)n2c1. The number of hydrogen-bond acceptors (Lipinski definition) is 5. The van der Waals surface area contributed by atoms with Gasteiger partial charge in [-0.1, -0.05) is 49.3 Å². The summed E-state index contributed by atoms with van der Waals surface area (Å²) in [5.41, 5.74) is 1.71. The van der Waals surface area contributed by atoms with Crippen molar-refractivity contribution >= 4 is 39.0 Å². The first-order valence-electron chi connectivity index (χ1n) is 8.18. The van der Waals surface area contributed by atoms with Gasteiger partial charge in [0.05, 0.1) is 4.90 Å². The average Bonchev–Trinajstić information content (AvgIpc) is 3.04. The fraction of sp³-hybridized carbons (Fsp3) is 0.294. The van der Waals surface area contributed by atoms with Crippen LogP contribution in [0, 0.1) is 0 Å². The van der Waals surface area contributed by atoms with Crippen LogP contribution < -0.4 is 0 Å². The van der Waals surface area contributed by atoms with Crippen molar-refractivity contribution in [2.45, 2.75) is 29.7 Å². The fourth-order valence-electron chi connectivity index (χ4n) is 2.54. The van der Waals surface area contributed by atoms with E-state index in [4.69, 9.17) is 11.6 Å². The van der Waals surface area contributed by atoms with Crippen LogP contribution in [0.15, 0.2) is 52.6 Å². The fourth-order valence-corrected chi connectivity index (χ4v) is 5.00. The van der Waals surface area contributed by atoms with Gasteiger partial charge in [0.25, 0.3) is 0 Å². The van der Waals surface area contributed by atoms with Gasteiger partial charge >= 0.3 is 0 Å². The van der Waals surface area contributed by atoms with Crippen LogP contribution in [0.5, 0.6) is 0 Å². The Hall–Kier alpha value is -1.61. The first-order chi connectivity index (χ1) is 12.5. The van der Waals surface area contributed by atoms with E-state index in [1.165, 1.54) is 16.1 Å². The number of aromatic nitrogens is 3. The number of nitrogens with zero attached hydrogens (tertiary/aromatic N) is 4. The summed E-state index contributed by atoms with van der Waals surface area (Å²) in [5.74, 6) is 0.686. The maximum atomic E-state index is 12.7. The summed E-state index contributed by atoms with van der Waals surface area (Å²) in [4.78, 5) is 0.238. The summed E-state index contributed by atoms with van der Waals surface area (Å²) < 4.78 is 28.6. The lowest BCUT2D eigenvalue weighted by molar-refractivity contribution is 0.445. The molecule has 0 bridgehead atoms. The van der Waals surface area contributed by atoms with Gasteiger partial charge in [-0.3, -0.25) is 4.40 Å². The maximum Gasteiger partial charge on any atom is 0.244 e. The van der Waals surface area contributed by atoms with Crippen molar-refractivity contribution in [3.05, 3.63) is 53.2 Å². The van der Waals surface area contributed by atoms with Gasteiger partial charge in [0.1, 0.15) is 0 Å². The van der Waals surface area contributed by atoms with Crippen molar-refractivity contribution in [1.29, 1.82) is 0 Å². The predicted molar refractivity (Wildman–Crippen MR) is 104 cm³/mol. The third-order valence-electron chi connectivity index (χ3n) is 3.97. The van der Waals surface area contributed by atoms with Crippen molar-refractivity contribution in [3.8, 4) is 0 Å². The lowest BCUT2D eigenvalue weighted by Crippen LogP contribution is -2.30. The number of benzene rings is 1. The summed E-state index contributed by atoms with van der Waals surface area (Å²) in [6.45, 7) is 4.51. The van der Waals surface area contributed by atoms with Gasteiger partial charge in [0.15, 0.2) is 10.8 Å². The Kier molecular flexibility index (Phi) is 5.86. The second kappa shape index (κ2) is 7.96. The normalized spacial score (nSPS) is 12.2. The molecule has 2 aromatic heterocycles. The molecule has 0 N–H and O–H groups in total. The quantitative estimate of drug-likeness (QED) is 0.555. The highest BCUT2D eigenvalue weighted by atomic mass is 35.5. The minimum Gasteiger partial charge on any atom is -0.276 e. The molecule has 138 valence electrons. The smallest absolute Gasteiger partial charge is 0.244 e. The second-order valence-corrected chi connectivity index (χ2v) is 8.90. The molecule has 2 heterocycles. The lowest BCUT2D eigenvalue weighted by Gasteiger charge is -2.18. The Balaban J connectivity index is 1.89. The molecule has 3 aromatic rings. The molecule has 0 saturated carbocycles. The Morgan fingerprint density at radius 1 is 1.08 bits per heavy atom. The van der Waals surface area contributed by atoms with Crippen LogP contribution in [-0.4, -0.2) is 40.4 Å². The van der Waals surface area contributed by atoms with Crippen LogP contribution in [0.4, 0.5) is 0 Å². The average molecular weight is 411 g/mol. The number of hydrogen-bond donors (Lipinski definition) is 0. The molecule has 0 fully saturated rings. The zero-order chi connectivity index (χ0) is 18.7. The molecule has 0 atom stereocenters. The number of thioether (sulfide) groups is 1. The molecular formula is C17H19ClN4O2S2. The van der Waals surface area contributed by atoms with E-state index in [1.54, 1.807) is 22.7 Å². The molecular weight excluding hydrogens is 392 g/mol. The van der Waals surface area contributed by atoms with E-state index in [-0.39, 0.29) is 4.90 Å². The first-order valence-corrected chi connectivity index (χ1v) is 11.0. The van der Waals surface area contributed by atoms with Gasteiger partial charge in [0, 0.05) is 30.1 Å². The monoisotopic (exact) mass is 410 g/mol. The molecule has 0 radical (unpaired) electrons. The second-order valence-electron chi connectivity index (χ2n) is 5.58. The molecule has 0 aliphatic heterocycles. The minimum atomic E-state index is -3.53. The van der Waals surface area contributed by atoms with Crippen molar-refractivity contribution in [3.63, 3.8) is 0 Å². The van der Waals surface area contributed by atoms with Gasteiger partial charge < -0.3 is 0 Å². The van der Waals surface area contributed by atoms with Crippen LogP contribution in [0.1, 0.15) is 19.4 Å². The number of fused-ring (bicyclic) bond motifs is 1. The summed E-state index contributed by atoms with van der Waals surface area (Å²) in [6, 6.07) is 10.8. The van der Waals surface area contributed by atoms with Crippen LogP contribution in [0.25, 0.3) is 5.65 Å². The zero-order valence-corrected chi connectivity index (χ0v) is 16.9. The molecule has 0 aliphatic rings. The summed E-state index contributed by atoms with van der Waals surface area (Å²) in [5, 5.41) is 9.63. The van der Waals surface area contributed by atoms with Gasteiger partial charge in [-0.2, -0.15) is 4.31 Å². The highest BCUT2D eigenvalue weighted by Crippen LogP contribution is 2.24. The van der Waals surface area contributed by atoms with Gasteiger partial charge in [0.2, 0.25) is 10.0 Å². The summed E-state index contributed by atoms with van der Waals surface area (Å²) >= 11 is 7.40. The van der Waals surface area contributed by atoms with Gasteiger partial charge in [-0.25, -0.2) is 8.42 Å². The molecule has 0 amide bonds. The van der Waals surface area contributed by atoms with E-state index < -0.39 is 10.0 Å². The summed E-state index contributed by atoms with van der Waals surface area (Å²) in [7, 11) is -3.53. The van der Waals surface area contributed by atoms with Crippen molar-refractivity contribution in [2.24, 2.45) is 0 Å². The van der Waals surface area contributed by atoms with Crippen molar-refractivity contribution in [1.82, 2.24) is 18.9 Å². The standard InChI is InChI=1S/C17H19ClN4O2S2/c1-3-21(4-2)26(23,24)15-9-10-16-19-20-17(22(16)11-15)25-12-13-5-7-14(18)8-6-13/h5-11H,3-4,12H2,1-2H3. The van der Waals surface area contributed by atoms with Crippen molar-refractivity contribution < 1.29 is 8.42 Å². The highest BCUT2D eigenvalue weighted by molar-refractivity contribution is 7.98. The maximum absolute atomic E-state index is 12.7. The van der Waals surface area contributed by atoms with Crippen LogP contribution in [0.2, 0.25) is 5.02 Å². The molecule has 0 unspecified atom stereocenters. The van der Waals surface area contributed by atoms with E-state index in [0.717, 1.165) is 5.56 Å². The minimum absolute atomic E-state index is 0.238. The third-order valence-corrected chi connectivity index (χ3v) is 7.27. The van der Waals surface area contributed by atoms with Crippen LogP contribution in [-0.2, 0) is 15.8 Å². The number of sulfonamides is 1. The largest absolute Gasteiger partial charge is 0.276 e. The molecule has 0 spiro atoms. The first kappa shape index (κ1) is 19.2. The molecule has 9 heteroatoms. The molecule has 3 rings (SSSR count). The lowest BCUT2D eigenvalue weighted by atomic mass is 10.2. The van der Waals surface area contributed by atoms with Crippen molar-refractivity contribution in [2.75, 3.05) is 13.1 Å². The Bertz CT molecular complexity index is 999. The Morgan fingerprint density at radius 2 is 1.77 bits per heavy atom. The highest BCUT2D eigenvalue weighted by Gasteiger charge is 2.22. The third kappa shape index (κ3) is 3.88.